The third-order valence-corrected chi connectivity index (χ3v) is 2.68. The topological polar surface area (TPSA) is 59.0 Å². The Bertz CT molecular complexity index is 518. The standard InChI is InChI=1S/C13H14N2O3/c1-8(2)15-13(17)12(16)11(14-15)9-4-6-10(18-3)7-5-9/h4-8H,1-3H3. The molecule has 0 aliphatic carbocycles. The van der Waals surface area contributed by atoms with Crippen LogP contribution in [0.15, 0.2) is 29.4 Å². The predicted molar refractivity (Wildman–Crippen MR) is 66.5 cm³/mol. The monoisotopic (exact) mass is 246 g/mol. The van der Waals surface area contributed by atoms with E-state index in [0.29, 0.717) is 11.3 Å². The van der Waals surface area contributed by atoms with Crippen LogP contribution in [0.3, 0.4) is 0 Å². The Hall–Kier alpha value is -2.17. The SMILES string of the molecule is COc1ccc(C2=NN(C(C)C)C(=O)C2=O)cc1. The molecular formula is C13H14N2O3. The normalized spacial score (nSPS) is 15.3. The number of methoxy groups -OCH3 is 1. The molecule has 94 valence electrons. The van der Waals surface area contributed by atoms with Gasteiger partial charge in [0.25, 0.3) is 5.78 Å². The molecule has 0 radical (unpaired) electrons. The van der Waals surface area contributed by atoms with Crippen LogP contribution in [0.2, 0.25) is 0 Å². The van der Waals surface area contributed by atoms with Gasteiger partial charge in [0, 0.05) is 5.56 Å². The van der Waals surface area contributed by atoms with Gasteiger partial charge in [0.05, 0.1) is 13.2 Å². The number of hydrogen-bond donors (Lipinski definition) is 0. The molecule has 0 spiro atoms. The summed E-state index contributed by atoms with van der Waals surface area (Å²) >= 11 is 0. The first-order valence-corrected chi connectivity index (χ1v) is 5.65. The molecule has 2 rings (SSSR count). The minimum Gasteiger partial charge on any atom is -0.497 e. The third kappa shape index (κ3) is 1.99. The number of rotatable bonds is 3. The first kappa shape index (κ1) is 12.3. The Balaban J connectivity index is 2.35. The van der Waals surface area contributed by atoms with Crippen molar-refractivity contribution < 1.29 is 14.3 Å². The Morgan fingerprint density at radius 3 is 2.22 bits per heavy atom. The van der Waals surface area contributed by atoms with Gasteiger partial charge >= 0.3 is 5.91 Å². The number of amides is 1. The molecule has 0 atom stereocenters. The van der Waals surface area contributed by atoms with Gasteiger partial charge in [0.2, 0.25) is 0 Å². The smallest absolute Gasteiger partial charge is 0.317 e. The second-order valence-electron chi connectivity index (χ2n) is 4.25. The van der Waals surface area contributed by atoms with Crippen LogP contribution in [0.4, 0.5) is 0 Å². The summed E-state index contributed by atoms with van der Waals surface area (Å²) in [4.78, 5) is 23.5. The summed E-state index contributed by atoms with van der Waals surface area (Å²) in [5.74, 6) is -0.443. The van der Waals surface area contributed by atoms with Crippen LogP contribution in [-0.2, 0) is 9.59 Å². The number of carbonyl (C=O) groups excluding carboxylic acids is 2. The van der Waals surface area contributed by atoms with Crippen LogP contribution in [0.1, 0.15) is 19.4 Å². The molecule has 0 aromatic heterocycles. The maximum Gasteiger partial charge on any atom is 0.317 e. The summed E-state index contributed by atoms with van der Waals surface area (Å²) in [5, 5.41) is 5.30. The van der Waals surface area contributed by atoms with Crippen molar-refractivity contribution in [3.05, 3.63) is 29.8 Å². The van der Waals surface area contributed by atoms with Crippen LogP contribution < -0.4 is 4.74 Å². The van der Waals surface area contributed by atoms with Gasteiger partial charge in [0.15, 0.2) is 0 Å². The lowest BCUT2D eigenvalue weighted by atomic mass is 10.1. The zero-order chi connectivity index (χ0) is 13.3. The molecule has 18 heavy (non-hydrogen) atoms. The van der Waals surface area contributed by atoms with Crippen molar-refractivity contribution in [3.8, 4) is 5.75 Å². The molecule has 0 saturated carbocycles. The van der Waals surface area contributed by atoms with Gasteiger partial charge in [-0.1, -0.05) is 0 Å². The Morgan fingerprint density at radius 1 is 1.17 bits per heavy atom. The first-order valence-electron chi connectivity index (χ1n) is 5.65. The molecule has 1 heterocycles. The van der Waals surface area contributed by atoms with E-state index in [1.807, 2.05) is 13.8 Å². The summed E-state index contributed by atoms with van der Waals surface area (Å²) in [6.45, 7) is 3.62. The van der Waals surface area contributed by atoms with Crippen molar-refractivity contribution >= 4 is 17.4 Å². The van der Waals surface area contributed by atoms with Gasteiger partial charge in [-0.25, -0.2) is 5.01 Å². The number of benzene rings is 1. The van der Waals surface area contributed by atoms with Crippen molar-refractivity contribution in [1.29, 1.82) is 0 Å². The summed E-state index contributed by atoms with van der Waals surface area (Å²) in [6, 6.07) is 6.76. The summed E-state index contributed by atoms with van der Waals surface area (Å²) in [5.41, 5.74) is 0.814. The Labute approximate surface area is 105 Å². The molecule has 5 heteroatoms. The third-order valence-electron chi connectivity index (χ3n) is 2.68. The van der Waals surface area contributed by atoms with E-state index in [-0.39, 0.29) is 11.8 Å². The molecule has 0 bridgehead atoms. The molecule has 0 fully saturated rings. The van der Waals surface area contributed by atoms with E-state index in [4.69, 9.17) is 4.74 Å². The van der Waals surface area contributed by atoms with Gasteiger partial charge in [0.1, 0.15) is 11.5 Å². The maximum absolute atomic E-state index is 11.8. The van der Waals surface area contributed by atoms with Crippen LogP contribution in [-0.4, -0.2) is 35.6 Å². The van der Waals surface area contributed by atoms with Gasteiger partial charge < -0.3 is 4.74 Å². The summed E-state index contributed by atoms with van der Waals surface area (Å²) in [6.07, 6.45) is 0. The van der Waals surface area contributed by atoms with Crippen molar-refractivity contribution in [2.45, 2.75) is 19.9 Å². The van der Waals surface area contributed by atoms with Crippen LogP contribution in [0.5, 0.6) is 5.75 Å². The number of Topliss-reactive ketones (excluding diaryl/α,β-unsaturated/α-hetero) is 1. The van der Waals surface area contributed by atoms with E-state index in [9.17, 15) is 9.59 Å². The highest BCUT2D eigenvalue weighted by Gasteiger charge is 2.35. The molecule has 1 aromatic rings. The van der Waals surface area contributed by atoms with E-state index in [1.54, 1.807) is 31.4 Å². The number of ether oxygens (including phenoxy) is 1. The fourth-order valence-corrected chi connectivity index (χ4v) is 1.69. The van der Waals surface area contributed by atoms with Gasteiger partial charge in [-0.2, -0.15) is 5.10 Å². The van der Waals surface area contributed by atoms with E-state index in [0.717, 1.165) is 0 Å². The van der Waals surface area contributed by atoms with Gasteiger partial charge in [-0.05, 0) is 38.1 Å². The number of nitrogens with zero attached hydrogens (tertiary/aromatic N) is 2. The number of ketones is 1. The fourth-order valence-electron chi connectivity index (χ4n) is 1.69. The molecule has 1 aliphatic heterocycles. The number of hydrogen-bond acceptors (Lipinski definition) is 4. The highest BCUT2D eigenvalue weighted by atomic mass is 16.5. The van der Waals surface area contributed by atoms with E-state index in [2.05, 4.69) is 5.10 Å². The lowest BCUT2D eigenvalue weighted by Gasteiger charge is -2.14. The highest BCUT2D eigenvalue weighted by Crippen LogP contribution is 2.17. The zero-order valence-electron chi connectivity index (χ0n) is 10.5. The van der Waals surface area contributed by atoms with Crippen LogP contribution in [0.25, 0.3) is 0 Å². The molecule has 1 amide bonds. The van der Waals surface area contributed by atoms with Crippen LogP contribution >= 0.6 is 0 Å². The number of hydrazone groups is 1. The predicted octanol–water partition coefficient (Wildman–Crippen LogP) is 1.22. The zero-order valence-corrected chi connectivity index (χ0v) is 10.5. The maximum atomic E-state index is 11.8. The average Bonchev–Trinajstić information content (AvgIpc) is 2.67. The lowest BCUT2D eigenvalue weighted by molar-refractivity contribution is -0.140. The van der Waals surface area contributed by atoms with E-state index < -0.39 is 11.7 Å². The summed E-state index contributed by atoms with van der Waals surface area (Å²) < 4.78 is 5.04. The van der Waals surface area contributed by atoms with Crippen molar-refractivity contribution in [2.75, 3.05) is 7.11 Å². The number of carbonyl (C=O) groups is 2. The van der Waals surface area contributed by atoms with Gasteiger partial charge in [-0.15, -0.1) is 0 Å². The Kier molecular flexibility index (Phi) is 3.14. The van der Waals surface area contributed by atoms with E-state index in [1.165, 1.54) is 5.01 Å². The van der Waals surface area contributed by atoms with Crippen LogP contribution in [0, 0.1) is 0 Å². The van der Waals surface area contributed by atoms with Gasteiger partial charge in [-0.3, -0.25) is 9.59 Å². The quantitative estimate of drug-likeness (QED) is 0.753. The second-order valence-corrected chi connectivity index (χ2v) is 4.25. The average molecular weight is 246 g/mol. The minimum absolute atomic E-state index is 0.128. The second kappa shape index (κ2) is 4.60. The molecule has 1 aromatic carbocycles. The Morgan fingerprint density at radius 2 is 1.78 bits per heavy atom. The fraction of sp³-hybridized carbons (Fsp3) is 0.308. The lowest BCUT2D eigenvalue weighted by Crippen LogP contribution is -2.32. The molecule has 1 aliphatic rings. The first-order chi connectivity index (χ1) is 8.54. The van der Waals surface area contributed by atoms with E-state index >= 15 is 0 Å². The molecule has 0 unspecified atom stereocenters. The molecule has 0 N–H and O–H groups in total. The van der Waals surface area contributed by atoms with Crippen molar-refractivity contribution in [1.82, 2.24) is 5.01 Å². The highest BCUT2D eigenvalue weighted by molar-refractivity contribution is 6.69. The molecule has 5 nitrogen and oxygen atoms in total. The molecule has 0 saturated heterocycles. The molecular weight excluding hydrogens is 232 g/mol. The van der Waals surface area contributed by atoms with Crippen molar-refractivity contribution in [2.24, 2.45) is 5.10 Å². The largest absolute Gasteiger partial charge is 0.497 e. The van der Waals surface area contributed by atoms with Crippen molar-refractivity contribution in [3.63, 3.8) is 0 Å². The summed E-state index contributed by atoms with van der Waals surface area (Å²) in [7, 11) is 1.57. The minimum atomic E-state index is -0.573.